The zero-order valence-electron chi connectivity index (χ0n) is 9.08. The standard InChI is InChI=1S/C9H6Cl2N4O3S/c10-5-1-6(11)8(7(2-5)19(16,17)18)15-9-13-3-12-4-14-9/h1-4H,(H,16,17,18)(H,12,13,14,15). The van der Waals surface area contributed by atoms with Crippen LogP contribution in [0.3, 0.4) is 0 Å². The second kappa shape index (κ2) is 5.25. The summed E-state index contributed by atoms with van der Waals surface area (Å²) in [7, 11) is -4.50. The molecule has 2 N–H and O–H groups in total. The van der Waals surface area contributed by atoms with E-state index in [1.807, 2.05) is 0 Å². The number of halogens is 2. The summed E-state index contributed by atoms with van der Waals surface area (Å²) in [5.74, 6) is 0.0733. The molecule has 0 unspecified atom stereocenters. The van der Waals surface area contributed by atoms with Gasteiger partial charge in [0.25, 0.3) is 10.1 Å². The lowest BCUT2D eigenvalue weighted by atomic mass is 10.3. The smallest absolute Gasteiger partial charge is 0.296 e. The van der Waals surface area contributed by atoms with Crippen molar-refractivity contribution < 1.29 is 13.0 Å². The molecule has 100 valence electrons. The lowest BCUT2D eigenvalue weighted by Gasteiger charge is -2.11. The molecular weight excluding hydrogens is 315 g/mol. The molecule has 0 saturated carbocycles. The van der Waals surface area contributed by atoms with E-state index < -0.39 is 15.0 Å². The van der Waals surface area contributed by atoms with E-state index in [1.165, 1.54) is 18.7 Å². The molecule has 1 aromatic carbocycles. The highest BCUT2D eigenvalue weighted by Gasteiger charge is 2.20. The van der Waals surface area contributed by atoms with Crippen LogP contribution >= 0.6 is 23.2 Å². The van der Waals surface area contributed by atoms with Crippen molar-refractivity contribution >= 4 is 45.0 Å². The maximum atomic E-state index is 11.3. The first-order valence-corrected chi connectivity index (χ1v) is 6.93. The zero-order chi connectivity index (χ0) is 14.0. The molecule has 19 heavy (non-hydrogen) atoms. The topological polar surface area (TPSA) is 105 Å². The van der Waals surface area contributed by atoms with Gasteiger partial charge in [-0.05, 0) is 12.1 Å². The Balaban J connectivity index is 2.56. The van der Waals surface area contributed by atoms with Crippen molar-refractivity contribution in [1.82, 2.24) is 15.0 Å². The molecule has 1 heterocycles. The lowest BCUT2D eigenvalue weighted by molar-refractivity contribution is 0.483. The zero-order valence-corrected chi connectivity index (χ0v) is 11.4. The molecule has 0 aliphatic rings. The molecular formula is C9H6Cl2N4O3S. The number of hydrogen-bond acceptors (Lipinski definition) is 6. The largest absolute Gasteiger partial charge is 0.322 e. The van der Waals surface area contributed by atoms with Gasteiger partial charge in [-0.25, -0.2) is 15.0 Å². The lowest BCUT2D eigenvalue weighted by Crippen LogP contribution is -2.06. The highest BCUT2D eigenvalue weighted by Crippen LogP contribution is 2.34. The van der Waals surface area contributed by atoms with Gasteiger partial charge in [-0.3, -0.25) is 4.55 Å². The van der Waals surface area contributed by atoms with Crippen LogP contribution in [0.4, 0.5) is 11.6 Å². The van der Waals surface area contributed by atoms with Gasteiger partial charge in [0.05, 0.1) is 10.7 Å². The molecule has 0 bridgehead atoms. The van der Waals surface area contributed by atoms with Crippen LogP contribution in [0.5, 0.6) is 0 Å². The van der Waals surface area contributed by atoms with Crippen molar-refractivity contribution in [2.45, 2.75) is 4.90 Å². The minimum absolute atomic E-state index is 0.000497. The van der Waals surface area contributed by atoms with Gasteiger partial charge in [-0.1, -0.05) is 23.2 Å². The molecule has 0 amide bonds. The average molecular weight is 321 g/mol. The molecule has 2 rings (SSSR count). The quantitative estimate of drug-likeness (QED) is 0.835. The minimum atomic E-state index is -4.50. The Kier molecular flexibility index (Phi) is 3.85. The van der Waals surface area contributed by atoms with Crippen LogP contribution in [-0.4, -0.2) is 27.9 Å². The van der Waals surface area contributed by atoms with Crippen LogP contribution in [-0.2, 0) is 10.1 Å². The number of rotatable bonds is 3. The third-order valence-electron chi connectivity index (χ3n) is 2.03. The van der Waals surface area contributed by atoms with Crippen molar-refractivity contribution in [2.75, 3.05) is 5.32 Å². The van der Waals surface area contributed by atoms with E-state index in [4.69, 9.17) is 27.8 Å². The maximum absolute atomic E-state index is 11.3. The molecule has 1 aromatic heterocycles. The molecule has 10 heteroatoms. The van der Waals surface area contributed by atoms with Crippen LogP contribution < -0.4 is 5.32 Å². The van der Waals surface area contributed by atoms with Crippen molar-refractivity contribution in [2.24, 2.45) is 0 Å². The van der Waals surface area contributed by atoms with Crippen LogP contribution in [0.1, 0.15) is 0 Å². The first kappa shape index (κ1) is 13.9. The van der Waals surface area contributed by atoms with Crippen LogP contribution in [0.2, 0.25) is 10.0 Å². The van der Waals surface area contributed by atoms with Crippen LogP contribution in [0.25, 0.3) is 0 Å². The summed E-state index contributed by atoms with van der Waals surface area (Å²) in [6.07, 6.45) is 2.43. The van der Waals surface area contributed by atoms with Crippen molar-refractivity contribution in [3.05, 3.63) is 34.8 Å². The predicted octanol–water partition coefficient (Wildman–Crippen LogP) is 2.17. The van der Waals surface area contributed by atoms with E-state index >= 15 is 0 Å². The average Bonchev–Trinajstić information content (AvgIpc) is 2.32. The fourth-order valence-electron chi connectivity index (χ4n) is 1.29. The summed E-state index contributed by atoms with van der Waals surface area (Å²) >= 11 is 11.6. The summed E-state index contributed by atoms with van der Waals surface area (Å²) in [6.45, 7) is 0. The Bertz CT molecular complexity index is 709. The van der Waals surface area contributed by atoms with E-state index in [0.717, 1.165) is 6.07 Å². The molecule has 0 aliphatic heterocycles. The molecule has 0 spiro atoms. The number of anilines is 2. The van der Waals surface area contributed by atoms with Crippen molar-refractivity contribution in [1.29, 1.82) is 0 Å². The normalized spacial score (nSPS) is 11.3. The highest BCUT2D eigenvalue weighted by molar-refractivity contribution is 7.86. The molecule has 0 aliphatic carbocycles. The van der Waals surface area contributed by atoms with Gasteiger partial charge in [-0.15, -0.1) is 0 Å². The van der Waals surface area contributed by atoms with Crippen LogP contribution in [0.15, 0.2) is 29.7 Å². The van der Waals surface area contributed by atoms with E-state index in [0.29, 0.717) is 0 Å². The fourth-order valence-corrected chi connectivity index (χ4v) is 2.65. The Morgan fingerprint density at radius 1 is 1.16 bits per heavy atom. The number of aromatic nitrogens is 3. The number of nitrogens with one attached hydrogen (secondary N) is 1. The van der Waals surface area contributed by atoms with E-state index in [1.54, 1.807) is 0 Å². The molecule has 7 nitrogen and oxygen atoms in total. The molecule has 0 radical (unpaired) electrons. The molecule has 0 fully saturated rings. The summed E-state index contributed by atoms with van der Waals surface area (Å²) in [5.41, 5.74) is -0.0697. The Morgan fingerprint density at radius 2 is 1.79 bits per heavy atom. The summed E-state index contributed by atoms with van der Waals surface area (Å²) < 4.78 is 31.7. The third kappa shape index (κ3) is 3.29. The fraction of sp³-hybridized carbons (Fsp3) is 0. The van der Waals surface area contributed by atoms with Gasteiger partial charge < -0.3 is 5.32 Å². The monoisotopic (exact) mass is 320 g/mol. The van der Waals surface area contributed by atoms with Gasteiger partial charge >= 0.3 is 0 Å². The van der Waals surface area contributed by atoms with Gasteiger partial charge in [0, 0.05) is 5.02 Å². The third-order valence-corrected chi connectivity index (χ3v) is 3.42. The Morgan fingerprint density at radius 3 is 2.37 bits per heavy atom. The van der Waals surface area contributed by atoms with E-state index in [2.05, 4.69) is 20.3 Å². The van der Waals surface area contributed by atoms with Gasteiger partial charge in [0.15, 0.2) is 0 Å². The predicted molar refractivity (Wildman–Crippen MR) is 69.4 cm³/mol. The van der Waals surface area contributed by atoms with Crippen molar-refractivity contribution in [3.63, 3.8) is 0 Å². The maximum Gasteiger partial charge on any atom is 0.296 e. The van der Waals surface area contributed by atoms with Crippen molar-refractivity contribution in [3.8, 4) is 0 Å². The molecule has 2 aromatic rings. The highest BCUT2D eigenvalue weighted by atomic mass is 35.5. The first-order valence-electron chi connectivity index (χ1n) is 4.73. The van der Waals surface area contributed by atoms with E-state index in [-0.39, 0.29) is 21.7 Å². The molecule has 0 atom stereocenters. The van der Waals surface area contributed by atoms with Gasteiger partial charge in [0.2, 0.25) is 5.95 Å². The second-order valence-electron chi connectivity index (χ2n) is 3.32. The Labute approximate surface area is 118 Å². The number of nitrogens with zero attached hydrogens (tertiary/aromatic N) is 3. The number of hydrogen-bond donors (Lipinski definition) is 2. The number of benzene rings is 1. The molecule has 0 saturated heterocycles. The van der Waals surface area contributed by atoms with E-state index in [9.17, 15) is 8.42 Å². The summed E-state index contributed by atoms with van der Waals surface area (Å²) in [5, 5.41) is 2.65. The first-order chi connectivity index (χ1) is 8.88. The van der Waals surface area contributed by atoms with Gasteiger partial charge in [0.1, 0.15) is 17.6 Å². The SMILES string of the molecule is O=S(=O)(O)c1cc(Cl)cc(Cl)c1Nc1ncncn1. The Hall–Kier alpha value is -1.48. The summed E-state index contributed by atoms with van der Waals surface area (Å²) in [4.78, 5) is 10.7. The van der Waals surface area contributed by atoms with Gasteiger partial charge in [-0.2, -0.15) is 8.42 Å². The second-order valence-corrected chi connectivity index (χ2v) is 5.56. The summed E-state index contributed by atoms with van der Waals surface area (Å²) in [6, 6.07) is 2.38. The minimum Gasteiger partial charge on any atom is -0.322 e. The van der Waals surface area contributed by atoms with Crippen LogP contribution in [0, 0.1) is 0 Å².